The molecule has 0 saturated carbocycles. The van der Waals surface area contributed by atoms with E-state index in [1.165, 1.54) is 0 Å². The van der Waals surface area contributed by atoms with Crippen molar-refractivity contribution in [3.05, 3.63) is 72.0 Å². The zero-order valence-corrected chi connectivity index (χ0v) is 13.7. The van der Waals surface area contributed by atoms with Crippen molar-refractivity contribution >= 4 is 18.1 Å². The van der Waals surface area contributed by atoms with Crippen LogP contribution >= 0.6 is 0 Å². The zero-order chi connectivity index (χ0) is 17.2. The molecule has 1 rings (SSSR count). The Kier molecular flexibility index (Phi) is 7.48. The quantitative estimate of drug-likeness (QED) is 0.293. The van der Waals surface area contributed by atoms with Crippen LogP contribution in [-0.4, -0.2) is 12.1 Å². The van der Waals surface area contributed by atoms with Crippen LogP contribution in [0.5, 0.6) is 5.75 Å². The van der Waals surface area contributed by atoms with E-state index in [9.17, 15) is 9.59 Å². The lowest BCUT2D eigenvalue weighted by Crippen LogP contribution is -2.03. The number of allylic oxidation sites excluding steroid dienone is 4. The van der Waals surface area contributed by atoms with E-state index in [0.717, 1.165) is 16.7 Å². The van der Waals surface area contributed by atoms with Gasteiger partial charge >= 0.3 is 0 Å². The highest BCUT2D eigenvalue weighted by atomic mass is 16.5. The van der Waals surface area contributed by atoms with Gasteiger partial charge in [0.2, 0.25) is 0 Å². The molecule has 0 N–H and O–H groups in total. The van der Waals surface area contributed by atoms with Crippen LogP contribution in [-0.2, 0) is 16.0 Å². The summed E-state index contributed by atoms with van der Waals surface area (Å²) in [6, 6.07) is 5.47. The molecule has 0 aliphatic rings. The van der Waals surface area contributed by atoms with Crippen LogP contribution in [0, 0.1) is 0 Å². The van der Waals surface area contributed by atoms with Crippen LogP contribution < -0.4 is 4.74 Å². The van der Waals surface area contributed by atoms with Crippen molar-refractivity contribution in [2.45, 2.75) is 26.7 Å². The van der Waals surface area contributed by atoms with Gasteiger partial charge in [0.05, 0.1) is 6.42 Å². The minimum absolute atomic E-state index is 0.0610. The molecule has 3 heteroatoms. The molecule has 0 heterocycles. The normalized spacial score (nSPS) is 10.6. The maximum Gasteiger partial charge on any atom is 0.144 e. The second-order valence-corrected chi connectivity index (χ2v) is 5.29. The summed E-state index contributed by atoms with van der Waals surface area (Å²) >= 11 is 0. The van der Waals surface area contributed by atoms with E-state index in [-0.39, 0.29) is 18.6 Å². The summed E-state index contributed by atoms with van der Waals surface area (Å²) in [6.45, 7) is 11.4. The first-order valence-corrected chi connectivity index (χ1v) is 7.36. The molecular formula is C20H22O3. The largest absolute Gasteiger partial charge is 0.457 e. The predicted octanol–water partition coefficient (Wildman–Crippen LogP) is 4.45. The SMILES string of the molecule is C=C/C=C(\C=C(C)C)Oc1ccc(CC(=O)CC=O)cc1C=C. The first-order valence-electron chi connectivity index (χ1n) is 7.36. The van der Waals surface area contributed by atoms with E-state index < -0.39 is 0 Å². The molecule has 0 radical (unpaired) electrons. The van der Waals surface area contributed by atoms with Gasteiger partial charge in [-0.2, -0.15) is 0 Å². The van der Waals surface area contributed by atoms with Gasteiger partial charge in [-0.05, 0) is 43.7 Å². The van der Waals surface area contributed by atoms with E-state index in [0.29, 0.717) is 17.8 Å². The Morgan fingerprint density at radius 1 is 1.26 bits per heavy atom. The Morgan fingerprint density at radius 3 is 2.57 bits per heavy atom. The van der Waals surface area contributed by atoms with Gasteiger partial charge in [-0.1, -0.05) is 36.9 Å². The van der Waals surface area contributed by atoms with Gasteiger partial charge in [-0.15, -0.1) is 0 Å². The summed E-state index contributed by atoms with van der Waals surface area (Å²) in [7, 11) is 0. The summed E-state index contributed by atoms with van der Waals surface area (Å²) in [5.74, 6) is 1.21. The fraction of sp³-hybridized carbons (Fsp3) is 0.200. The van der Waals surface area contributed by atoms with E-state index in [4.69, 9.17) is 4.74 Å². The molecule has 1 aromatic carbocycles. The van der Waals surface area contributed by atoms with Crippen LogP contribution in [0.25, 0.3) is 6.08 Å². The monoisotopic (exact) mass is 310 g/mol. The molecule has 0 saturated heterocycles. The molecule has 0 fully saturated rings. The number of hydrogen-bond acceptors (Lipinski definition) is 3. The average molecular weight is 310 g/mol. The highest BCUT2D eigenvalue weighted by Gasteiger charge is 2.08. The molecule has 0 aromatic heterocycles. The lowest BCUT2D eigenvalue weighted by Gasteiger charge is -2.11. The van der Waals surface area contributed by atoms with Crippen molar-refractivity contribution in [1.82, 2.24) is 0 Å². The Balaban J connectivity index is 3.04. The number of aldehydes is 1. The number of ether oxygens (including phenoxy) is 1. The van der Waals surface area contributed by atoms with E-state index in [2.05, 4.69) is 13.2 Å². The van der Waals surface area contributed by atoms with Gasteiger partial charge in [-0.25, -0.2) is 0 Å². The standard InChI is InChI=1S/C20H22O3/c1-5-7-19(12-15(3)4)23-20-9-8-16(13-17(20)6-2)14-18(22)10-11-21/h5-9,11-13H,1-2,10,14H2,3-4H3/b19-7+. The third-order valence-corrected chi connectivity index (χ3v) is 2.95. The highest BCUT2D eigenvalue weighted by Crippen LogP contribution is 2.24. The summed E-state index contributed by atoms with van der Waals surface area (Å²) in [5, 5.41) is 0. The summed E-state index contributed by atoms with van der Waals surface area (Å²) in [6.07, 6.45) is 7.82. The topological polar surface area (TPSA) is 43.4 Å². The Hall–Kier alpha value is -2.68. The van der Waals surface area contributed by atoms with Crippen LogP contribution in [0.2, 0.25) is 0 Å². The third-order valence-electron chi connectivity index (χ3n) is 2.95. The Bertz CT molecular complexity index is 659. The van der Waals surface area contributed by atoms with Crippen molar-refractivity contribution in [2.75, 3.05) is 0 Å². The minimum atomic E-state index is -0.111. The number of carbonyl (C=O) groups excluding carboxylic acids is 2. The maximum absolute atomic E-state index is 11.6. The van der Waals surface area contributed by atoms with E-state index in [1.807, 2.05) is 32.1 Å². The first kappa shape index (κ1) is 18.4. The summed E-state index contributed by atoms with van der Waals surface area (Å²) in [4.78, 5) is 21.9. The molecule has 3 nitrogen and oxygen atoms in total. The molecule has 0 atom stereocenters. The van der Waals surface area contributed by atoms with Crippen LogP contribution in [0.3, 0.4) is 0 Å². The second kappa shape index (κ2) is 9.36. The molecule has 1 aromatic rings. The van der Waals surface area contributed by atoms with Crippen molar-refractivity contribution in [2.24, 2.45) is 0 Å². The van der Waals surface area contributed by atoms with Crippen molar-refractivity contribution < 1.29 is 14.3 Å². The second-order valence-electron chi connectivity index (χ2n) is 5.29. The molecule has 0 spiro atoms. The van der Waals surface area contributed by atoms with Gasteiger partial charge < -0.3 is 9.53 Å². The first-order chi connectivity index (χ1) is 11.0. The molecule has 0 aliphatic carbocycles. The maximum atomic E-state index is 11.6. The van der Waals surface area contributed by atoms with E-state index >= 15 is 0 Å². The summed E-state index contributed by atoms with van der Waals surface area (Å²) < 4.78 is 5.90. The van der Waals surface area contributed by atoms with Crippen molar-refractivity contribution in [3.8, 4) is 5.75 Å². The van der Waals surface area contributed by atoms with Gasteiger partial charge in [0.25, 0.3) is 0 Å². The number of carbonyl (C=O) groups is 2. The zero-order valence-electron chi connectivity index (χ0n) is 13.7. The third kappa shape index (κ3) is 6.30. The average Bonchev–Trinajstić information content (AvgIpc) is 2.48. The number of hydrogen-bond donors (Lipinski definition) is 0. The molecule has 0 aliphatic heterocycles. The van der Waals surface area contributed by atoms with Gasteiger partial charge in [0.1, 0.15) is 23.6 Å². The lowest BCUT2D eigenvalue weighted by molar-refractivity contribution is -0.121. The van der Waals surface area contributed by atoms with Gasteiger partial charge in [-0.3, -0.25) is 4.79 Å². The molecule has 120 valence electrons. The Labute approximate surface area is 137 Å². The van der Waals surface area contributed by atoms with Gasteiger partial charge in [0, 0.05) is 12.0 Å². The number of Topliss-reactive ketones (excluding diaryl/α,β-unsaturated/α-hetero) is 1. The van der Waals surface area contributed by atoms with E-state index in [1.54, 1.807) is 24.3 Å². The number of benzene rings is 1. The smallest absolute Gasteiger partial charge is 0.144 e. The minimum Gasteiger partial charge on any atom is -0.457 e. The number of ketones is 1. The van der Waals surface area contributed by atoms with Crippen LogP contribution in [0.15, 0.2) is 60.9 Å². The van der Waals surface area contributed by atoms with Crippen molar-refractivity contribution in [1.29, 1.82) is 0 Å². The molecule has 0 unspecified atom stereocenters. The summed E-state index contributed by atoms with van der Waals surface area (Å²) in [5.41, 5.74) is 2.73. The van der Waals surface area contributed by atoms with Crippen LogP contribution in [0.4, 0.5) is 0 Å². The molecular weight excluding hydrogens is 288 g/mol. The van der Waals surface area contributed by atoms with Crippen molar-refractivity contribution in [3.63, 3.8) is 0 Å². The van der Waals surface area contributed by atoms with Crippen LogP contribution in [0.1, 0.15) is 31.4 Å². The highest BCUT2D eigenvalue weighted by molar-refractivity contribution is 5.91. The molecule has 0 bridgehead atoms. The molecule has 0 amide bonds. The fourth-order valence-electron chi connectivity index (χ4n) is 1.99. The molecule has 23 heavy (non-hydrogen) atoms. The number of rotatable bonds is 9. The predicted molar refractivity (Wildman–Crippen MR) is 94.3 cm³/mol. The van der Waals surface area contributed by atoms with Gasteiger partial charge in [0.15, 0.2) is 0 Å². The fourth-order valence-corrected chi connectivity index (χ4v) is 1.99. The lowest BCUT2D eigenvalue weighted by atomic mass is 10.0. The Morgan fingerprint density at radius 2 is 2.00 bits per heavy atom.